The molecule has 3 rings (SSSR count). The van der Waals surface area contributed by atoms with Gasteiger partial charge in [0.1, 0.15) is 16.5 Å². The summed E-state index contributed by atoms with van der Waals surface area (Å²) in [6.45, 7) is 3.11. The second kappa shape index (κ2) is 13.7. The second-order valence-electron chi connectivity index (χ2n) is 8.28. The lowest BCUT2D eigenvalue weighted by Gasteiger charge is -2.27. The monoisotopic (exact) mass is 588 g/mol. The molecule has 0 aromatic heterocycles. The summed E-state index contributed by atoms with van der Waals surface area (Å²) in [6.07, 6.45) is -3.34. The summed E-state index contributed by atoms with van der Waals surface area (Å²) in [7, 11) is -4.48. The number of hydrogen-bond donors (Lipinski definition) is 3. The minimum atomic E-state index is -5.08. The first-order valence-electron chi connectivity index (χ1n) is 11.6. The molecular formula is C26H25F5N2O6S. The smallest absolute Gasteiger partial charge is 0.478 e. The number of alkyl halides is 3. The van der Waals surface area contributed by atoms with Gasteiger partial charge in [-0.15, -0.1) is 0 Å². The zero-order valence-corrected chi connectivity index (χ0v) is 21.8. The van der Waals surface area contributed by atoms with Crippen molar-refractivity contribution >= 4 is 33.3 Å². The number of aromatic carboxylic acids is 1. The van der Waals surface area contributed by atoms with Gasteiger partial charge in [-0.3, -0.25) is 4.72 Å². The van der Waals surface area contributed by atoms with Crippen LogP contribution in [0.15, 0.2) is 71.6 Å². The third kappa shape index (κ3) is 9.22. The Balaban J connectivity index is 0.000000708. The van der Waals surface area contributed by atoms with Crippen molar-refractivity contribution in [3.05, 3.63) is 89.5 Å². The molecule has 0 amide bonds. The molecule has 0 aliphatic rings. The van der Waals surface area contributed by atoms with Crippen LogP contribution in [0.4, 0.5) is 33.3 Å². The fourth-order valence-corrected chi connectivity index (χ4v) is 4.52. The van der Waals surface area contributed by atoms with Crippen LogP contribution < -0.4 is 9.62 Å². The summed E-state index contributed by atoms with van der Waals surface area (Å²) < 4.78 is 86.5. The topological polar surface area (TPSA) is 124 Å². The first kappa shape index (κ1) is 32.0. The maximum atomic E-state index is 14.0. The molecule has 0 bridgehead atoms. The summed E-state index contributed by atoms with van der Waals surface area (Å²) in [6, 6.07) is 15.8. The number of sulfonamides is 1. The van der Waals surface area contributed by atoms with Crippen LogP contribution in [0.2, 0.25) is 0 Å². The molecular weight excluding hydrogens is 563 g/mol. The van der Waals surface area contributed by atoms with Gasteiger partial charge < -0.3 is 15.1 Å². The number of aliphatic carboxylic acids is 1. The van der Waals surface area contributed by atoms with E-state index in [0.717, 1.165) is 24.5 Å². The molecule has 0 saturated heterocycles. The molecule has 40 heavy (non-hydrogen) atoms. The Labute approximate surface area is 226 Å². The van der Waals surface area contributed by atoms with Crippen LogP contribution in [0, 0.1) is 11.6 Å². The van der Waals surface area contributed by atoms with Crippen molar-refractivity contribution in [1.82, 2.24) is 0 Å². The van der Waals surface area contributed by atoms with Crippen molar-refractivity contribution in [2.24, 2.45) is 0 Å². The number of carboxylic acid groups (broad SMARTS) is 2. The van der Waals surface area contributed by atoms with E-state index in [0.29, 0.717) is 30.9 Å². The molecule has 8 nitrogen and oxygen atoms in total. The lowest BCUT2D eigenvalue weighted by molar-refractivity contribution is -0.192. The maximum absolute atomic E-state index is 14.0. The molecule has 0 atom stereocenters. The third-order valence-corrected chi connectivity index (χ3v) is 6.64. The molecule has 0 aliphatic carbocycles. The van der Waals surface area contributed by atoms with Crippen molar-refractivity contribution in [3.63, 3.8) is 0 Å². The largest absolute Gasteiger partial charge is 0.490 e. The van der Waals surface area contributed by atoms with E-state index in [1.165, 1.54) is 18.2 Å². The predicted octanol–water partition coefficient (Wildman–Crippen LogP) is 5.90. The van der Waals surface area contributed by atoms with Gasteiger partial charge in [0.25, 0.3) is 10.0 Å². The normalized spacial score (nSPS) is 11.2. The lowest BCUT2D eigenvalue weighted by atomic mass is 10.1. The molecule has 0 radical (unpaired) electrons. The van der Waals surface area contributed by atoms with E-state index in [9.17, 15) is 40.3 Å². The summed E-state index contributed by atoms with van der Waals surface area (Å²) in [4.78, 5) is 22.0. The van der Waals surface area contributed by atoms with Crippen LogP contribution in [0.5, 0.6) is 0 Å². The van der Waals surface area contributed by atoms with E-state index in [4.69, 9.17) is 9.90 Å². The molecule has 0 fully saturated rings. The quantitative estimate of drug-likeness (QED) is 0.252. The van der Waals surface area contributed by atoms with E-state index in [2.05, 4.69) is 4.72 Å². The number of hydrogen-bond acceptors (Lipinski definition) is 5. The lowest BCUT2D eigenvalue weighted by Crippen LogP contribution is -2.26. The van der Waals surface area contributed by atoms with Gasteiger partial charge in [0.2, 0.25) is 0 Å². The van der Waals surface area contributed by atoms with Gasteiger partial charge in [0.05, 0.1) is 11.3 Å². The highest BCUT2D eigenvalue weighted by Gasteiger charge is 2.38. The maximum Gasteiger partial charge on any atom is 0.490 e. The number of rotatable bonds is 10. The molecule has 3 aromatic carbocycles. The van der Waals surface area contributed by atoms with Crippen molar-refractivity contribution < 1.29 is 50.2 Å². The number of benzene rings is 3. The van der Waals surface area contributed by atoms with Crippen LogP contribution in [-0.2, 0) is 21.4 Å². The minimum Gasteiger partial charge on any atom is -0.478 e. The summed E-state index contributed by atoms with van der Waals surface area (Å²) in [5.41, 5.74) is 1.24. The summed E-state index contributed by atoms with van der Waals surface area (Å²) >= 11 is 0. The Kier molecular flexibility index (Phi) is 11.0. The number of unbranched alkanes of at least 4 members (excludes halogenated alkanes) is 1. The van der Waals surface area contributed by atoms with Crippen molar-refractivity contribution in [1.29, 1.82) is 0 Å². The second-order valence-corrected chi connectivity index (χ2v) is 9.93. The Morgan fingerprint density at radius 3 is 2.12 bits per heavy atom. The predicted molar refractivity (Wildman–Crippen MR) is 137 cm³/mol. The molecule has 0 heterocycles. The number of carboxylic acids is 2. The zero-order valence-electron chi connectivity index (χ0n) is 21.0. The Morgan fingerprint density at radius 1 is 0.950 bits per heavy atom. The van der Waals surface area contributed by atoms with Crippen LogP contribution in [-0.4, -0.2) is 43.3 Å². The molecule has 0 spiro atoms. The fraction of sp³-hybridized carbons (Fsp3) is 0.231. The Morgan fingerprint density at radius 2 is 1.57 bits per heavy atom. The van der Waals surface area contributed by atoms with Gasteiger partial charge in [-0.1, -0.05) is 43.7 Å². The van der Waals surface area contributed by atoms with Crippen molar-refractivity contribution in [2.75, 3.05) is 16.2 Å². The summed E-state index contributed by atoms with van der Waals surface area (Å²) in [5, 5.41) is 16.9. The van der Waals surface area contributed by atoms with Gasteiger partial charge in [0.15, 0.2) is 0 Å². The first-order valence-corrected chi connectivity index (χ1v) is 13.1. The SMILES string of the molecule is CCCCN(Cc1ccccc1)c1ccc(NS(=O)(=O)c2cc(F)ccc2F)cc1C(=O)O.O=C(O)C(F)(F)F. The Hall–Kier alpha value is -4.20. The highest BCUT2D eigenvalue weighted by molar-refractivity contribution is 7.92. The molecule has 0 aliphatic heterocycles. The Bertz CT molecular complexity index is 1430. The number of anilines is 2. The van der Waals surface area contributed by atoms with E-state index >= 15 is 0 Å². The van der Waals surface area contributed by atoms with E-state index in [1.54, 1.807) is 0 Å². The third-order valence-electron chi connectivity index (χ3n) is 5.24. The zero-order chi connectivity index (χ0) is 30.1. The van der Waals surface area contributed by atoms with Gasteiger partial charge in [-0.05, 0) is 48.4 Å². The van der Waals surface area contributed by atoms with Gasteiger partial charge >= 0.3 is 18.1 Å². The molecule has 3 N–H and O–H groups in total. The standard InChI is InChI=1S/C24H24F2N2O4S.C2HF3O2/c1-2-3-13-28(16-17-7-5-4-6-8-17)22-12-10-19(15-20(22)24(29)30)27-33(31,32)23-14-18(25)9-11-21(23)26;3-2(4,5)1(6)7/h4-12,14-15,27H,2-3,13,16H2,1H3,(H,29,30);(H,6,7). The average molecular weight is 589 g/mol. The highest BCUT2D eigenvalue weighted by Crippen LogP contribution is 2.28. The van der Waals surface area contributed by atoms with Crippen LogP contribution in [0.25, 0.3) is 0 Å². The van der Waals surface area contributed by atoms with Crippen molar-refractivity contribution in [2.45, 2.75) is 37.4 Å². The van der Waals surface area contributed by atoms with Crippen LogP contribution in [0.1, 0.15) is 35.7 Å². The molecule has 3 aromatic rings. The average Bonchev–Trinajstić information content (AvgIpc) is 2.88. The van der Waals surface area contributed by atoms with Gasteiger partial charge in [0, 0.05) is 18.8 Å². The number of nitrogens with zero attached hydrogens (tertiary/aromatic N) is 1. The van der Waals surface area contributed by atoms with Crippen molar-refractivity contribution in [3.8, 4) is 0 Å². The number of nitrogens with one attached hydrogen (secondary N) is 1. The molecule has 216 valence electrons. The molecule has 0 unspecified atom stereocenters. The van der Waals surface area contributed by atoms with E-state index in [1.807, 2.05) is 42.2 Å². The minimum absolute atomic E-state index is 0.0741. The van der Waals surface area contributed by atoms with E-state index in [-0.39, 0.29) is 11.3 Å². The molecule has 0 saturated carbocycles. The highest BCUT2D eigenvalue weighted by atomic mass is 32.2. The fourth-order valence-electron chi connectivity index (χ4n) is 3.38. The summed E-state index contributed by atoms with van der Waals surface area (Å²) in [5.74, 6) is -6.02. The van der Waals surface area contributed by atoms with E-state index < -0.39 is 44.7 Å². The van der Waals surface area contributed by atoms with Gasteiger partial charge in [-0.25, -0.2) is 26.8 Å². The number of halogens is 5. The number of carbonyl (C=O) groups is 2. The first-order chi connectivity index (χ1) is 18.7. The van der Waals surface area contributed by atoms with Crippen LogP contribution >= 0.6 is 0 Å². The van der Waals surface area contributed by atoms with Crippen LogP contribution in [0.3, 0.4) is 0 Å². The van der Waals surface area contributed by atoms with Gasteiger partial charge in [-0.2, -0.15) is 13.2 Å². The molecule has 14 heteroatoms.